The summed E-state index contributed by atoms with van der Waals surface area (Å²) in [6.45, 7) is 3.93. The lowest BCUT2D eigenvalue weighted by Crippen LogP contribution is -2.11. The summed E-state index contributed by atoms with van der Waals surface area (Å²) in [6, 6.07) is 7.11. The van der Waals surface area contributed by atoms with Gasteiger partial charge >= 0.3 is 5.97 Å². The van der Waals surface area contributed by atoms with E-state index in [0.29, 0.717) is 18.0 Å². The van der Waals surface area contributed by atoms with Gasteiger partial charge in [0.2, 0.25) is 5.17 Å². The molecule has 1 aromatic carbocycles. The number of benzene rings is 1. The zero-order valence-electron chi connectivity index (χ0n) is 9.85. The molecule has 0 fully saturated rings. The van der Waals surface area contributed by atoms with Gasteiger partial charge in [0.05, 0.1) is 12.8 Å². The molecule has 0 saturated carbocycles. The number of halogens is 1. The molecule has 0 aliphatic carbocycles. The molecule has 5 nitrogen and oxygen atoms in total. The molecule has 96 valence electrons. The smallest absolute Gasteiger partial charge is 0.370 e. The highest BCUT2D eigenvalue weighted by Gasteiger charge is 2.08. The second-order valence-electron chi connectivity index (χ2n) is 3.10. The van der Waals surface area contributed by atoms with Gasteiger partial charge in [-0.15, -0.1) is 0 Å². The van der Waals surface area contributed by atoms with Gasteiger partial charge < -0.3 is 9.47 Å². The topological polar surface area (TPSA) is 59.9 Å². The van der Waals surface area contributed by atoms with E-state index in [1.54, 1.807) is 24.3 Å². The van der Waals surface area contributed by atoms with E-state index >= 15 is 0 Å². The average molecular weight is 269 g/mol. The fourth-order valence-electron chi connectivity index (χ4n) is 1.07. The Morgan fingerprint density at radius 1 is 1.56 bits per heavy atom. The molecule has 0 spiro atoms. The monoisotopic (exact) mass is 268 g/mol. The van der Waals surface area contributed by atoms with Crippen LogP contribution < -0.4 is 10.2 Å². The van der Waals surface area contributed by atoms with Crippen LogP contribution in [-0.2, 0) is 9.53 Å². The molecule has 1 N–H and O–H groups in total. The molecule has 1 aromatic rings. The van der Waals surface area contributed by atoms with Gasteiger partial charge in [0.25, 0.3) is 0 Å². The molecule has 6 heteroatoms. The fraction of sp³-hybridized carbons (Fsp3) is 0.167. The van der Waals surface area contributed by atoms with Gasteiger partial charge in [-0.1, -0.05) is 36.4 Å². The average Bonchev–Trinajstić information content (AvgIpc) is 2.42. The van der Waals surface area contributed by atoms with Crippen LogP contribution in [0.25, 0.3) is 0 Å². The quantitative estimate of drug-likeness (QED) is 0.372. The van der Waals surface area contributed by atoms with E-state index in [2.05, 4.69) is 21.8 Å². The van der Waals surface area contributed by atoms with E-state index < -0.39 is 5.97 Å². The number of rotatable bonds is 6. The summed E-state index contributed by atoms with van der Waals surface area (Å²) in [5.74, 6) is -0.135. The zero-order valence-corrected chi connectivity index (χ0v) is 10.6. The third-order valence-electron chi connectivity index (χ3n) is 1.87. The van der Waals surface area contributed by atoms with Crippen molar-refractivity contribution >= 4 is 28.4 Å². The van der Waals surface area contributed by atoms with Gasteiger partial charge in [-0.25, -0.2) is 4.79 Å². The van der Waals surface area contributed by atoms with Crippen molar-refractivity contribution in [3.8, 4) is 5.75 Å². The van der Waals surface area contributed by atoms with Gasteiger partial charge in [0.1, 0.15) is 12.4 Å². The Bertz CT molecular complexity index is 460. The Labute approximate surface area is 110 Å². The van der Waals surface area contributed by atoms with E-state index in [1.165, 1.54) is 7.11 Å². The lowest BCUT2D eigenvalue weighted by Gasteiger charge is -2.09. The van der Waals surface area contributed by atoms with E-state index in [9.17, 15) is 4.79 Å². The summed E-state index contributed by atoms with van der Waals surface area (Å²) >= 11 is 5.59. The van der Waals surface area contributed by atoms with Gasteiger partial charge in [-0.2, -0.15) is 5.10 Å². The van der Waals surface area contributed by atoms with Crippen molar-refractivity contribution in [3.63, 3.8) is 0 Å². The van der Waals surface area contributed by atoms with Crippen LogP contribution in [0.15, 0.2) is 42.0 Å². The number of nitrogens with zero attached hydrogens (tertiary/aromatic N) is 1. The number of carbonyl (C=O) groups is 1. The van der Waals surface area contributed by atoms with Crippen LogP contribution in [0.4, 0.5) is 5.69 Å². The summed E-state index contributed by atoms with van der Waals surface area (Å²) in [4.78, 5) is 11.0. The summed E-state index contributed by atoms with van der Waals surface area (Å²) in [5, 5.41) is 3.39. The number of ether oxygens (including phenoxy) is 2. The zero-order chi connectivity index (χ0) is 13.4. The number of nitrogens with one attached hydrogen (secondary N) is 1. The molecular formula is C12H13ClN2O3. The normalized spacial score (nSPS) is 10.7. The molecule has 1 rings (SSSR count). The Hall–Kier alpha value is -2.01. The van der Waals surface area contributed by atoms with Crippen molar-refractivity contribution in [2.24, 2.45) is 5.10 Å². The van der Waals surface area contributed by atoms with Crippen LogP contribution in [0.3, 0.4) is 0 Å². The second-order valence-corrected chi connectivity index (χ2v) is 3.46. The molecular weight excluding hydrogens is 256 g/mol. The lowest BCUT2D eigenvalue weighted by atomic mass is 10.3. The standard InChI is InChI=1S/C12H13ClN2O3/c1-3-8-18-10-7-5-4-6-9(10)14-15-11(13)12(16)17-2/h3-7,14H,1,8H2,2H3. The van der Waals surface area contributed by atoms with Crippen LogP contribution >= 0.6 is 11.6 Å². The Kier molecular flexibility index (Phi) is 5.73. The number of hydrogen-bond donors (Lipinski definition) is 1. The Morgan fingerprint density at radius 3 is 2.94 bits per heavy atom. The van der Waals surface area contributed by atoms with E-state index in [0.717, 1.165) is 0 Å². The number of methoxy groups -OCH3 is 1. The SMILES string of the molecule is C=CCOc1ccccc1NN=C(Cl)C(=O)OC. The Morgan fingerprint density at radius 2 is 2.28 bits per heavy atom. The molecule has 0 unspecified atom stereocenters. The minimum absolute atomic E-state index is 0.295. The predicted octanol–water partition coefficient (Wildman–Crippen LogP) is 2.39. The number of anilines is 1. The molecule has 0 bridgehead atoms. The molecule has 0 amide bonds. The molecule has 0 radical (unpaired) electrons. The first kappa shape index (κ1) is 14.1. The van der Waals surface area contributed by atoms with Gasteiger partial charge in [0.15, 0.2) is 0 Å². The van der Waals surface area contributed by atoms with Crippen LogP contribution in [0.1, 0.15) is 0 Å². The first-order valence-corrected chi connectivity index (χ1v) is 5.47. The molecule has 0 aliphatic heterocycles. The van der Waals surface area contributed by atoms with Crippen molar-refractivity contribution in [1.82, 2.24) is 0 Å². The van der Waals surface area contributed by atoms with Crippen LogP contribution in [0, 0.1) is 0 Å². The van der Waals surface area contributed by atoms with Gasteiger partial charge in [-0.3, -0.25) is 5.43 Å². The molecule has 18 heavy (non-hydrogen) atoms. The highest BCUT2D eigenvalue weighted by molar-refractivity contribution is 6.82. The molecule has 0 saturated heterocycles. The van der Waals surface area contributed by atoms with Crippen molar-refractivity contribution in [2.45, 2.75) is 0 Å². The van der Waals surface area contributed by atoms with Gasteiger partial charge in [-0.05, 0) is 12.1 Å². The highest BCUT2D eigenvalue weighted by Crippen LogP contribution is 2.23. The van der Waals surface area contributed by atoms with Crippen molar-refractivity contribution in [3.05, 3.63) is 36.9 Å². The van der Waals surface area contributed by atoms with E-state index in [1.807, 2.05) is 6.07 Å². The number of para-hydroxylation sites is 2. The number of carbonyl (C=O) groups excluding carboxylic acids is 1. The fourth-order valence-corrected chi connectivity index (χ4v) is 1.19. The minimum atomic E-state index is -0.714. The summed E-state index contributed by atoms with van der Waals surface area (Å²) < 4.78 is 9.81. The van der Waals surface area contributed by atoms with Crippen LogP contribution in [0.2, 0.25) is 0 Å². The minimum Gasteiger partial charge on any atom is -0.487 e. The lowest BCUT2D eigenvalue weighted by molar-refractivity contribution is -0.132. The van der Waals surface area contributed by atoms with Crippen molar-refractivity contribution < 1.29 is 14.3 Å². The molecule has 0 aliphatic rings. The van der Waals surface area contributed by atoms with Crippen LogP contribution in [-0.4, -0.2) is 24.9 Å². The largest absolute Gasteiger partial charge is 0.487 e. The van der Waals surface area contributed by atoms with Gasteiger partial charge in [0, 0.05) is 0 Å². The number of esters is 1. The first-order valence-electron chi connectivity index (χ1n) is 5.09. The molecule has 0 atom stereocenters. The predicted molar refractivity (Wildman–Crippen MR) is 71.1 cm³/mol. The van der Waals surface area contributed by atoms with Crippen molar-refractivity contribution in [1.29, 1.82) is 0 Å². The molecule has 0 heterocycles. The maximum atomic E-state index is 11.0. The summed E-state index contributed by atoms with van der Waals surface area (Å²) in [5.41, 5.74) is 3.22. The summed E-state index contributed by atoms with van der Waals surface area (Å²) in [6.07, 6.45) is 1.63. The van der Waals surface area contributed by atoms with Crippen molar-refractivity contribution in [2.75, 3.05) is 19.1 Å². The number of hydrazone groups is 1. The third kappa shape index (κ3) is 4.10. The van der Waals surface area contributed by atoms with E-state index in [-0.39, 0.29) is 5.17 Å². The number of hydrogen-bond acceptors (Lipinski definition) is 5. The van der Waals surface area contributed by atoms with E-state index in [4.69, 9.17) is 16.3 Å². The third-order valence-corrected chi connectivity index (χ3v) is 2.11. The highest BCUT2D eigenvalue weighted by atomic mass is 35.5. The maximum absolute atomic E-state index is 11.0. The molecule has 0 aromatic heterocycles. The maximum Gasteiger partial charge on any atom is 0.370 e. The Balaban J connectivity index is 2.77. The second kappa shape index (κ2) is 7.34. The first-order chi connectivity index (χ1) is 8.69. The summed E-state index contributed by atoms with van der Waals surface area (Å²) in [7, 11) is 1.22. The van der Waals surface area contributed by atoms with Crippen LogP contribution in [0.5, 0.6) is 5.75 Å².